The molecule has 5 rings (SSSR count). The number of ether oxygens (including phenoxy) is 1. The molecule has 0 bridgehead atoms. The zero-order valence-electron chi connectivity index (χ0n) is 19.5. The van der Waals surface area contributed by atoms with Gasteiger partial charge in [-0.1, -0.05) is 12.1 Å². The van der Waals surface area contributed by atoms with Crippen molar-refractivity contribution in [3.63, 3.8) is 0 Å². The summed E-state index contributed by atoms with van der Waals surface area (Å²) in [6.45, 7) is 1.33. The number of hydrogen-bond acceptors (Lipinski definition) is 7. The van der Waals surface area contributed by atoms with Crippen LogP contribution < -0.4 is 10.6 Å². The number of aromatic nitrogens is 3. The van der Waals surface area contributed by atoms with Crippen LogP contribution in [0.3, 0.4) is 0 Å². The molecule has 2 aliphatic rings. The number of carboxylic acids is 1. The molecule has 184 valence electrons. The van der Waals surface area contributed by atoms with Gasteiger partial charge in [0, 0.05) is 30.7 Å². The summed E-state index contributed by atoms with van der Waals surface area (Å²) >= 11 is 0. The van der Waals surface area contributed by atoms with E-state index in [1.54, 1.807) is 12.1 Å². The third kappa shape index (κ3) is 5.51. The number of aliphatic carboxylic acids is 1. The first-order valence-corrected chi connectivity index (χ1v) is 12.3. The summed E-state index contributed by atoms with van der Waals surface area (Å²) in [6.07, 6.45) is 7.97. The van der Waals surface area contributed by atoms with E-state index in [9.17, 15) is 14.3 Å². The third-order valence-electron chi connectivity index (χ3n) is 6.94. The maximum atomic E-state index is 14.0. The number of hydrogen-bond donors (Lipinski definition) is 3. The van der Waals surface area contributed by atoms with E-state index >= 15 is 0 Å². The maximum absolute atomic E-state index is 14.0. The Morgan fingerprint density at radius 1 is 1.26 bits per heavy atom. The van der Waals surface area contributed by atoms with Crippen LogP contribution in [0.2, 0.25) is 0 Å². The molecular formula is C26H30FN5O3. The molecule has 1 aromatic carbocycles. The lowest BCUT2D eigenvalue weighted by Gasteiger charge is -2.35. The number of nitrogens with one attached hydrogen (secondary N) is 2. The first kappa shape index (κ1) is 23.4. The van der Waals surface area contributed by atoms with Gasteiger partial charge in [0.25, 0.3) is 0 Å². The third-order valence-corrected chi connectivity index (χ3v) is 6.94. The van der Waals surface area contributed by atoms with Gasteiger partial charge < -0.3 is 20.5 Å². The highest BCUT2D eigenvalue weighted by molar-refractivity contribution is 5.90. The minimum absolute atomic E-state index is 0.160. The summed E-state index contributed by atoms with van der Waals surface area (Å²) in [5.41, 5.74) is 2.61. The van der Waals surface area contributed by atoms with E-state index in [1.165, 1.54) is 18.0 Å². The zero-order valence-corrected chi connectivity index (χ0v) is 19.5. The highest BCUT2D eigenvalue weighted by atomic mass is 19.1. The lowest BCUT2D eigenvalue weighted by molar-refractivity contribution is -0.138. The number of carbonyl (C=O) groups is 1. The van der Waals surface area contributed by atoms with E-state index < -0.39 is 17.8 Å². The van der Waals surface area contributed by atoms with Gasteiger partial charge in [0.15, 0.2) is 0 Å². The Hall–Kier alpha value is -3.33. The van der Waals surface area contributed by atoms with Crippen molar-refractivity contribution in [2.24, 2.45) is 5.92 Å². The largest absolute Gasteiger partial charge is 0.480 e. The number of aryl methyl sites for hydroxylation is 2. The quantitative estimate of drug-likeness (QED) is 0.397. The van der Waals surface area contributed by atoms with Crippen molar-refractivity contribution < 1.29 is 19.0 Å². The molecule has 1 unspecified atom stereocenters. The van der Waals surface area contributed by atoms with Gasteiger partial charge in [0.1, 0.15) is 35.3 Å². The summed E-state index contributed by atoms with van der Waals surface area (Å²) in [7, 11) is 0. The van der Waals surface area contributed by atoms with E-state index in [2.05, 4.69) is 32.7 Å². The number of nitrogens with zero attached hydrogens (tertiary/aromatic N) is 3. The first-order chi connectivity index (χ1) is 17.1. The molecular weight excluding hydrogens is 449 g/mol. The van der Waals surface area contributed by atoms with E-state index in [0.717, 1.165) is 56.6 Å². The minimum atomic E-state index is -1.00. The molecule has 3 heterocycles. The minimum Gasteiger partial charge on any atom is -0.480 e. The molecule has 9 heteroatoms. The molecule has 1 aliphatic heterocycles. The van der Waals surface area contributed by atoms with Crippen molar-refractivity contribution in [3.8, 4) is 0 Å². The molecule has 0 radical (unpaired) electrons. The van der Waals surface area contributed by atoms with Gasteiger partial charge in [-0.05, 0) is 68.2 Å². The van der Waals surface area contributed by atoms with Gasteiger partial charge in [-0.3, -0.25) is 0 Å². The van der Waals surface area contributed by atoms with Crippen molar-refractivity contribution >= 4 is 28.5 Å². The number of anilines is 2. The van der Waals surface area contributed by atoms with E-state index in [-0.39, 0.29) is 18.0 Å². The predicted octanol–water partition coefficient (Wildman–Crippen LogP) is 4.21. The molecule has 1 saturated carbocycles. The number of carboxylic acid groups (broad SMARTS) is 1. The molecule has 8 nitrogen and oxygen atoms in total. The summed E-state index contributed by atoms with van der Waals surface area (Å²) < 4.78 is 19.9. The van der Waals surface area contributed by atoms with E-state index in [0.29, 0.717) is 23.7 Å². The number of benzene rings is 1. The van der Waals surface area contributed by atoms with Crippen LogP contribution in [0.25, 0.3) is 10.9 Å². The lowest BCUT2D eigenvalue weighted by Crippen LogP contribution is -2.35. The number of pyridine rings is 1. The Bertz CT molecular complexity index is 1200. The molecule has 1 fully saturated rings. The van der Waals surface area contributed by atoms with Crippen LogP contribution in [0.4, 0.5) is 16.0 Å². The molecule has 35 heavy (non-hydrogen) atoms. The van der Waals surface area contributed by atoms with Gasteiger partial charge in [-0.2, -0.15) is 0 Å². The molecule has 1 aliphatic carbocycles. The van der Waals surface area contributed by atoms with Crippen LogP contribution >= 0.6 is 0 Å². The second-order valence-electron chi connectivity index (χ2n) is 9.39. The fourth-order valence-electron chi connectivity index (χ4n) is 4.85. The van der Waals surface area contributed by atoms with Gasteiger partial charge in [-0.25, -0.2) is 24.1 Å². The summed E-state index contributed by atoms with van der Waals surface area (Å²) in [4.78, 5) is 24.6. The maximum Gasteiger partial charge on any atom is 0.326 e. The average molecular weight is 480 g/mol. The van der Waals surface area contributed by atoms with Crippen molar-refractivity contribution in [1.82, 2.24) is 15.0 Å². The van der Waals surface area contributed by atoms with Crippen LogP contribution in [-0.4, -0.2) is 51.3 Å². The standard InChI is InChI=1S/C26H30FN5O3/c27-21-5-1-4-20-23(21)29-15-30-25(20)32-22(26(33)34)10-12-35-19-13-16(14-19)6-8-18-9-7-17-3-2-11-28-24(17)31-18/h1,4-5,7,9,15-16,19,22H,2-3,6,8,10-14H2,(H,28,31)(H,33,34)(H,29,30,32). The molecule has 0 saturated heterocycles. The van der Waals surface area contributed by atoms with Gasteiger partial charge in [-0.15, -0.1) is 0 Å². The second-order valence-corrected chi connectivity index (χ2v) is 9.39. The van der Waals surface area contributed by atoms with Crippen molar-refractivity contribution in [1.29, 1.82) is 0 Å². The molecule has 2 aromatic heterocycles. The summed E-state index contributed by atoms with van der Waals surface area (Å²) in [6, 6.07) is 7.98. The van der Waals surface area contributed by atoms with Gasteiger partial charge in [0.2, 0.25) is 0 Å². The summed E-state index contributed by atoms with van der Waals surface area (Å²) in [5.74, 6) is 0.486. The van der Waals surface area contributed by atoms with Crippen LogP contribution in [-0.2, 0) is 22.4 Å². The number of para-hydroxylation sites is 1. The lowest BCUT2D eigenvalue weighted by atomic mass is 9.79. The van der Waals surface area contributed by atoms with E-state index in [1.807, 2.05) is 0 Å². The Labute approximate surface area is 203 Å². The normalized spacial score (nSPS) is 19.9. The average Bonchev–Trinajstić information content (AvgIpc) is 2.84. The fraction of sp³-hybridized carbons (Fsp3) is 0.462. The van der Waals surface area contributed by atoms with Gasteiger partial charge >= 0.3 is 5.97 Å². The van der Waals surface area contributed by atoms with Crippen LogP contribution in [0.15, 0.2) is 36.7 Å². The zero-order chi connectivity index (χ0) is 24.2. The predicted molar refractivity (Wildman–Crippen MR) is 131 cm³/mol. The number of rotatable bonds is 10. The Kier molecular flexibility index (Phi) is 7.03. The topological polar surface area (TPSA) is 109 Å². The smallest absolute Gasteiger partial charge is 0.326 e. The van der Waals surface area contributed by atoms with E-state index in [4.69, 9.17) is 9.72 Å². The van der Waals surface area contributed by atoms with Crippen LogP contribution in [0, 0.1) is 11.7 Å². The highest BCUT2D eigenvalue weighted by Crippen LogP contribution is 2.34. The summed E-state index contributed by atoms with van der Waals surface area (Å²) in [5, 5.41) is 16.4. The van der Waals surface area contributed by atoms with Gasteiger partial charge in [0.05, 0.1) is 6.10 Å². The van der Waals surface area contributed by atoms with Crippen molar-refractivity contribution in [2.45, 2.75) is 57.1 Å². The Morgan fingerprint density at radius 3 is 3.00 bits per heavy atom. The molecule has 1 atom stereocenters. The fourth-order valence-corrected chi connectivity index (χ4v) is 4.85. The monoisotopic (exact) mass is 479 g/mol. The van der Waals surface area contributed by atoms with Crippen LogP contribution in [0.5, 0.6) is 0 Å². The SMILES string of the molecule is O=C(O)C(CCOC1CC(CCc2ccc3c(n2)NCCC3)C1)Nc1ncnc2c(F)cccc12. The first-order valence-electron chi connectivity index (χ1n) is 12.3. The second kappa shape index (κ2) is 10.5. The molecule has 3 aromatic rings. The molecule has 0 amide bonds. The van der Waals surface area contributed by atoms with Crippen LogP contribution in [0.1, 0.15) is 43.4 Å². The number of fused-ring (bicyclic) bond motifs is 2. The Balaban J connectivity index is 1.06. The van der Waals surface area contributed by atoms with Crippen molar-refractivity contribution in [3.05, 3.63) is 53.7 Å². The van der Waals surface area contributed by atoms with Crippen molar-refractivity contribution in [2.75, 3.05) is 23.8 Å². The molecule has 3 N–H and O–H groups in total. The molecule has 0 spiro atoms. The highest BCUT2D eigenvalue weighted by Gasteiger charge is 2.30. The number of halogens is 1. The Morgan fingerprint density at radius 2 is 2.14 bits per heavy atom.